The molecule has 158 valence electrons. The molecule has 0 spiro atoms. The highest BCUT2D eigenvalue weighted by molar-refractivity contribution is 5.97. The van der Waals surface area contributed by atoms with Crippen molar-refractivity contribution in [1.29, 1.82) is 0 Å². The number of ether oxygens (including phenoxy) is 1. The van der Waals surface area contributed by atoms with E-state index in [1.807, 2.05) is 20.8 Å². The summed E-state index contributed by atoms with van der Waals surface area (Å²) in [5.41, 5.74) is 0.578. The summed E-state index contributed by atoms with van der Waals surface area (Å²) in [5.74, 6) is -0.727. The minimum absolute atomic E-state index is 0.215. The van der Waals surface area contributed by atoms with Crippen molar-refractivity contribution in [2.75, 3.05) is 13.1 Å². The van der Waals surface area contributed by atoms with Gasteiger partial charge in [0.2, 0.25) is 0 Å². The quantitative estimate of drug-likeness (QED) is 0.678. The molecule has 0 unspecified atom stereocenters. The number of carbonyl (C=O) groups is 2. The number of fused-ring (bicyclic) bond motifs is 1. The van der Waals surface area contributed by atoms with Crippen LogP contribution in [0.3, 0.4) is 0 Å². The molecule has 1 aliphatic carbocycles. The Hall–Kier alpha value is -2.71. The number of aromatic nitrogens is 2. The number of halogens is 2. The summed E-state index contributed by atoms with van der Waals surface area (Å²) in [5, 5.41) is 2.79. The van der Waals surface area contributed by atoms with Crippen LogP contribution >= 0.6 is 0 Å². The fourth-order valence-corrected chi connectivity index (χ4v) is 2.96. The van der Waals surface area contributed by atoms with Crippen molar-refractivity contribution in [1.82, 2.24) is 20.2 Å². The van der Waals surface area contributed by atoms with E-state index in [4.69, 9.17) is 4.74 Å². The summed E-state index contributed by atoms with van der Waals surface area (Å²) in [6.07, 6.45) is -0.499. The summed E-state index contributed by atoms with van der Waals surface area (Å²) in [6, 6.07) is 4.79. The number of nitrogens with zero attached hydrogens (tertiary/aromatic N) is 2. The van der Waals surface area contributed by atoms with Crippen LogP contribution in [-0.2, 0) is 4.74 Å². The van der Waals surface area contributed by atoms with Gasteiger partial charge in [0.05, 0.1) is 11.0 Å². The number of nitrogens with one attached hydrogen (secondary N) is 2. The van der Waals surface area contributed by atoms with E-state index in [0.717, 1.165) is 12.8 Å². The SMILES string of the molecule is CC(C)(C)OC(=O)N(CCCNC(=O)c1ccc2nc(C(F)F)[nH]c2c1)C1CC1. The molecule has 0 atom stereocenters. The molecule has 3 rings (SSSR count). The number of hydrogen-bond acceptors (Lipinski definition) is 4. The zero-order valence-corrected chi connectivity index (χ0v) is 16.8. The van der Waals surface area contributed by atoms with Gasteiger partial charge in [-0.15, -0.1) is 0 Å². The predicted molar refractivity (Wildman–Crippen MR) is 104 cm³/mol. The van der Waals surface area contributed by atoms with Gasteiger partial charge in [-0.05, 0) is 58.2 Å². The Morgan fingerprint density at radius 2 is 2.07 bits per heavy atom. The first-order chi connectivity index (χ1) is 13.6. The maximum Gasteiger partial charge on any atom is 0.410 e. The Morgan fingerprint density at radius 1 is 1.34 bits per heavy atom. The van der Waals surface area contributed by atoms with Gasteiger partial charge in [0.1, 0.15) is 5.60 Å². The average molecular weight is 408 g/mol. The van der Waals surface area contributed by atoms with Crippen molar-refractivity contribution < 1.29 is 23.1 Å². The summed E-state index contributed by atoms with van der Waals surface area (Å²) in [4.78, 5) is 32.7. The van der Waals surface area contributed by atoms with Gasteiger partial charge < -0.3 is 19.9 Å². The van der Waals surface area contributed by atoms with Crippen LogP contribution < -0.4 is 5.32 Å². The van der Waals surface area contributed by atoms with E-state index in [9.17, 15) is 18.4 Å². The van der Waals surface area contributed by atoms with Crippen LogP contribution in [0.2, 0.25) is 0 Å². The first-order valence-electron chi connectivity index (χ1n) is 9.69. The van der Waals surface area contributed by atoms with E-state index >= 15 is 0 Å². The zero-order chi connectivity index (χ0) is 21.2. The third-order valence-corrected chi connectivity index (χ3v) is 4.45. The third kappa shape index (κ3) is 5.65. The standard InChI is InChI=1S/C20H26F2N4O3/c1-20(2,3)29-19(28)26(13-6-7-13)10-4-9-23-18(27)12-5-8-14-15(11-12)25-17(24-14)16(21)22/h5,8,11,13,16H,4,6-7,9-10H2,1-3H3,(H,23,27)(H,24,25). The van der Waals surface area contributed by atoms with Crippen LogP contribution in [0.15, 0.2) is 18.2 Å². The molecule has 1 aliphatic rings. The molecule has 29 heavy (non-hydrogen) atoms. The number of alkyl halides is 2. The van der Waals surface area contributed by atoms with Gasteiger partial charge in [0.25, 0.3) is 12.3 Å². The summed E-state index contributed by atoms with van der Waals surface area (Å²) in [7, 11) is 0. The highest BCUT2D eigenvalue weighted by atomic mass is 19.3. The maximum atomic E-state index is 12.7. The maximum absolute atomic E-state index is 12.7. The molecule has 0 radical (unpaired) electrons. The number of carbonyl (C=O) groups excluding carboxylic acids is 2. The molecule has 1 fully saturated rings. The molecular weight excluding hydrogens is 382 g/mol. The molecule has 1 saturated carbocycles. The second-order valence-corrected chi connectivity index (χ2v) is 8.17. The number of H-pyrrole nitrogens is 1. The van der Waals surface area contributed by atoms with Crippen LogP contribution in [0.4, 0.5) is 13.6 Å². The molecule has 1 heterocycles. The first kappa shape index (κ1) is 21.0. The summed E-state index contributed by atoms with van der Waals surface area (Å²) >= 11 is 0. The third-order valence-electron chi connectivity index (χ3n) is 4.45. The summed E-state index contributed by atoms with van der Waals surface area (Å²) < 4.78 is 30.9. The van der Waals surface area contributed by atoms with Gasteiger partial charge in [-0.1, -0.05) is 0 Å². The van der Waals surface area contributed by atoms with Gasteiger partial charge >= 0.3 is 6.09 Å². The molecule has 1 aromatic carbocycles. The lowest BCUT2D eigenvalue weighted by Crippen LogP contribution is -2.39. The Kier molecular flexibility index (Phi) is 6.04. The number of imidazole rings is 1. The predicted octanol–water partition coefficient (Wildman–Crippen LogP) is 4.02. The number of hydrogen-bond donors (Lipinski definition) is 2. The molecule has 2 aromatic rings. The minimum Gasteiger partial charge on any atom is -0.444 e. The second kappa shape index (κ2) is 8.34. The van der Waals surface area contributed by atoms with E-state index in [1.165, 1.54) is 12.1 Å². The van der Waals surface area contributed by atoms with Crippen LogP contribution in [-0.4, -0.2) is 51.6 Å². The average Bonchev–Trinajstić information content (AvgIpc) is 3.36. The van der Waals surface area contributed by atoms with E-state index < -0.39 is 17.9 Å². The van der Waals surface area contributed by atoms with Crippen molar-refractivity contribution in [2.45, 2.75) is 58.1 Å². The fourth-order valence-electron chi connectivity index (χ4n) is 2.96. The van der Waals surface area contributed by atoms with E-state index in [1.54, 1.807) is 11.0 Å². The summed E-state index contributed by atoms with van der Waals surface area (Å²) in [6.45, 7) is 6.37. The van der Waals surface area contributed by atoms with Gasteiger partial charge in [0, 0.05) is 24.7 Å². The smallest absolute Gasteiger partial charge is 0.410 e. The highest BCUT2D eigenvalue weighted by Gasteiger charge is 2.34. The number of amides is 2. The molecule has 9 heteroatoms. The van der Waals surface area contributed by atoms with Crippen molar-refractivity contribution >= 4 is 23.0 Å². The van der Waals surface area contributed by atoms with E-state index in [-0.39, 0.29) is 18.0 Å². The Bertz CT molecular complexity index is 887. The van der Waals surface area contributed by atoms with Crippen molar-refractivity contribution in [3.8, 4) is 0 Å². The Balaban J connectivity index is 1.51. The zero-order valence-electron chi connectivity index (χ0n) is 16.8. The monoisotopic (exact) mass is 408 g/mol. The largest absolute Gasteiger partial charge is 0.444 e. The van der Waals surface area contributed by atoms with Crippen LogP contribution in [0.5, 0.6) is 0 Å². The Morgan fingerprint density at radius 3 is 2.69 bits per heavy atom. The van der Waals surface area contributed by atoms with E-state index in [0.29, 0.717) is 36.1 Å². The minimum atomic E-state index is -2.70. The molecule has 0 bridgehead atoms. The second-order valence-electron chi connectivity index (χ2n) is 8.17. The molecular formula is C20H26F2N4O3. The van der Waals surface area contributed by atoms with Gasteiger partial charge in [-0.2, -0.15) is 0 Å². The van der Waals surface area contributed by atoms with E-state index in [2.05, 4.69) is 15.3 Å². The van der Waals surface area contributed by atoms with Crippen molar-refractivity contribution in [2.24, 2.45) is 0 Å². The highest BCUT2D eigenvalue weighted by Crippen LogP contribution is 2.28. The Labute approximate surface area is 167 Å². The van der Waals surface area contributed by atoms with Crippen LogP contribution in [0, 0.1) is 0 Å². The molecule has 7 nitrogen and oxygen atoms in total. The van der Waals surface area contributed by atoms with Crippen LogP contribution in [0.25, 0.3) is 11.0 Å². The molecule has 0 saturated heterocycles. The van der Waals surface area contributed by atoms with Gasteiger partial charge in [-0.25, -0.2) is 18.6 Å². The van der Waals surface area contributed by atoms with Crippen LogP contribution in [0.1, 0.15) is 62.6 Å². The molecule has 2 amide bonds. The fraction of sp³-hybridized carbons (Fsp3) is 0.550. The number of aromatic amines is 1. The van der Waals surface area contributed by atoms with Crippen molar-refractivity contribution in [3.05, 3.63) is 29.6 Å². The normalized spacial score (nSPS) is 14.3. The number of rotatable bonds is 7. The lowest BCUT2D eigenvalue weighted by Gasteiger charge is -2.27. The molecule has 1 aromatic heterocycles. The lowest BCUT2D eigenvalue weighted by atomic mass is 10.2. The topological polar surface area (TPSA) is 87.3 Å². The lowest BCUT2D eigenvalue weighted by molar-refractivity contribution is 0.0232. The van der Waals surface area contributed by atoms with Gasteiger partial charge in [0.15, 0.2) is 5.82 Å². The first-order valence-corrected chi connectivity index (χ1v) is 9.69. The molecule has 2 N–H and O–H groups in total. The molecule has 0 aliphatic heterocycles. The van der Waals surface area contributed by atoms with Crippen molar-refractivity contribution in [3.63, 3.8) is 0 Å². The van der Waals surface area contributed by atoms with Gasteiger partial charge in [-0.3, -0.25) is 4.79 Å². The number of benzene rings is 1.